The Morgan fingerprint density at radius 3 is 3.06 bits per heavy atom. The van der Waals surface area contributed by atoms with E-state index in [2.05, 4.69) is 10.2 Å². The van der Waals surface area contributed by atoms with Gasteiger partial charge in [-0.05, 0) is 6.07 Å². The molecule has 2 rings (SSSR count). The second-order valence-corrected chi connectivity index (χ2v) is 3.40. The van der Waals surface area contributed by atoms with Crippen LogP contribution < -0.4 is 0 Å². The number of amides is 1. The van der Waals surface area contributed by atoms with Gasteiger partial charge < -0.3 is 14.7 Å². The van der Waals surface area contributed by atoms with E-state index in [1.165, 1.54) is 17.2 Å². The van der Waals surface area contributed by atoms with Gasteiger partial charge in [-0.1, -0.05) is 0 Å². The summed E-state index contributed by atoms with van der Waals surface area (Å²) in [7, 11) is 0. The summed E-state index contributed by atoms with van der Waals surface area (Å²) >= 11 is 0. The van der Waals surface area contributed by atoms with E-state index in [0.29, 0.717) is 6.61 Å². The highest BCUT2D eigenvalue weighted by molar-refractivity contribution is 5.95. The summed E-state index contributed by atoms with van der Waals surface area (Å²) in [6.07, 6.45) is 1.45. The van der Waals surface area contributed by atoms with Crippen molar-refractivity contribution < 1.29 is 19.4 Å². The Hall–Kier alpha value is -1.89. The van der Waals surface area contributed by atoms with E-state index in [9.17, 15) is 9.59 Å². The third-order valence-corrected chi connectivity index (χ3v) is 2.41. The SMILES string of the molecule is O=C(O)C1COCCN1C(=O)c1ccn[nH]1. The van der Waals surface area contributed by atoms with Gasteiger partial charge in [-0.2, -0.15) is 5.10 Å². The summed E-state index contributed by atoms with van der Waals surface area (Å²) in [4.78, 5) is 24.1. The highest BCUT2D eigenvalue weighted by atomic mass is 16.5. The van der Waals surface area contributed by atoms with Crippen LogP contribution >= 0.6 is 0 Å². The van der Waals surface area contributed by atoms with E-state index in [1.807, 2.05) is 0 Å². The van der Waals surface area contributed by atoms with Gasteiger partial charge in [0.25, 0.3) is 5.91 Å². The van der Waals surface area contributed by atoms with Crippen molar-refractivity contribution in [2.45, 2.75) is 6.04 Å². The highest BCUT2D eigenvalue weighted by Gasteiger charge is 2.33. The number of aromatic nitrogens is 2. The number of nitrogens with one attached hydrogen (secondary N) is 1. The van der Waals surface area contributed by atoms with Crippen molar-refractivity contribution in [3.8, 4) is 0 Å². The van der Waals surface area contributed by atoms with Crippen molar-refractivity contribution in [2.75, 3.05) is 19.8 Å². The van der Waals surface area contributed by atoms with Crippen LogP contribution in [0.15, 0.2) is 12.3 Å². The van der Waals surface area contributed by atoms with Gasteiger partial charge in [0, 0.05) is 12.7 Å². The van der Waals surface area contributed by atoms with Crippen LogP contribution in [0.1, 0.15) is 10.5 Å². The summed E-state index contributed by atoms with van der Waals surface area (Å²) in [5, 5.41) is 15.1. The van der Waals surface area contributed by atoms with Gasteiger partial charge in [-0.25, -0.2) is 4.79 Å². The first-order valence-electron chi connectivity index (χ1n) is 4.81. The number of H-pyrrole nitrogens is 1. The molecule has 1 unspecified atom stereocenters. The van der Waals surface area contributed by atoms with E-state index in [-0.39, 0.29) is 24.8 Å². The Bertz CT molecular complexity index is 389. The van der Waals surface area contributed by atoms with E-state index < -0.39 is 12.0 Å². The Morgan fingerprint density at radius 1 is 1.62 bits per heavy atom. The average Bonchev–Trinajstić information content (AvgIpc) is 2.81. The van der Waals surface area contributed by atoms with Gasteiger partial charge in [0.2, 0.25) is 0 Å². The van der Waals surface area contributed by atoms with Crippen molar-refractivity contribution in [3.05, 3.63) is 18.0 Å². The fraction of sp³-hybridized carbons (Fsp3) is 0.444. The molecule has 0 aromatic carbocycles. The molecule has 1 amide bonds. The zero-order valence-corrected chi connectivity index (χ0v) is 8.42. The van der Waals surface area contributed by atoms with Gasteiger partial charge in [-0.3, -0.25) is 9.89 Å². The molecule has 1 aliphatic rings. The van der Waals surface area contributed by atoms with E-state index in [1.54, 1.807) is 0 Å². The number of morpholine rings is 1. The van der Waals surface area contributed by atoms with Crippen LogP contribution in [0.2, 0.25) is 0 Å². The third-order valence-electron chi connectivity index (χ3n) is 2.41. The number of hydrogen-bond donors (Lipinski definition) is 2. The lowest BCUT2D eigenvalue weighted by molar-refractivity contribution is -0.147. The van der Waals surface area contributed by atoms with Crippen molar-refractivity contribution in [1.29, 1.82) is 0 Å². The summed E-state index contributed by atoms with van der Waals surface area (Å²) in [5.74, 6) is -1.43. The molecule has 1 saturated heterocycles. The summed E-state index contributed by atoms with van der Waals surface area (Å²) in [6, 6.07) is 0.584. The minimum Gasteiger partial charge on any atom is -0.480 e. The highest BCUT2D eigenvalue weighted by Crippen LogP contribution is 2.11. The van der Waals surface area contributed by atoms with Crippen molar-refractivity contribution in [2.24, 2.45) is 0 Å². The van der Waals surface area contributed by atoms with Crippen LogP contribution in [-0.4, -0.2) is 57.9 Å². The topological polar surface area (TPSA) is 95.5 Å². The molecule has 0 saturated carbocycles. The van der Waals surface area contributed by atoms with Gasteiger partial charge in [0.1, 0.15) is 5.69 Å². The zero-order valence-electron chi connectivity index (χ0n) is 8.42. The van der Waals surface area contributed by atoms with Crippen LogP contribution in [0, 0.1) is 0 Å². The molecule has 86 valence electrons. The largest absolute Gasteiger partial charge is 0.480 e. The molecule has 1 aromatic heterocycles. The maximum Gasteiger partial charge on any atom is 0.328 e. The first kappa shape index (κ1) is 10.6. The van der Waals surface area contributed by atoms with Crippen molar-refractivity contribution in [1.82, 2.24) is 15.1 Å². The molecule has 1 aromatic rings. The normalized spacial score (nSPS) is 20.8. The first-order valence-corrected chi connectivity index (χ1v) is 4.81. The van der Waals surface area contributed by atoms with Gasteiger partial charge in [0.15, 0.2) is 6.04 Å². The molecule has 7 nitrogen and oxygen atoms in total. The van der Waals surface area contributed by atoms with Gasteiger partial charge in [-0.15, -0.1) is 0 Å². The summed E-state index contributed by atoms with van der Waals surface area (Å²) < 4.78 is 5.04. The number of carboxylic acid groups (broad SMARTS) is 1. The smallest absolute Gasteiger partial charge is 0.328 e. The number of aliphatic carboxylic acids is 1. The predicted octanol–water partition coefficient (Wildman–Crippen LogP) is -0.665. The van der Waals surface area contributed by atoms with Crippen LogP contribution in [0.3, 0.4) is 0 Å². The van der Waals surface area contributed by atoms with Crippen LogP contribution in [0.4, 0.5) is 0 Å². The Morgan fingerprint density at radius 2 is 2.44 bits per heavy atom. The molecule has 0 bridgehead atoms. The molecule has 0 aliphatic carbocycles. The molecule has 16 heavy (non-hydrogen) atoms. The molecular formula is C9H11N3O4. The van der Waals surface area contributed by atoms with Crippen LogP contribution in [0.5, 0.6) is 0 Å². The summed E-state index contributed by atoms with van der Waals surface area (Å²) in [5.41, 5.74) is 0.285. The van der Waals surface area contributed by atoms with Crippen molar-refractivity contribution >= 4 is 11.9 Å². The Balaban J connectivity index is 2.17. The predicted molar refractivity (Wildman–Crippen MR) is 51.9 cm³/mol. The molecule has 0 radical (unpaired) electrons. The quantitative estimate of drug-likeness (QED) is 0.696. The number of carbonyl (C=O) groups is 2. The second kappa shape index (κ2) is 4.31. The Kier molecular flexibility index (Phi) is 2.86. The van der Waals surface area contributed by atoms with Gasteiger partial charge in [0.05, 0.1) is 13.2 Å². The molecule has 0 spiro atoms. The lowest BCUT2D eigenvalue weighted by atomic mass is 10.2. The molecule has 7 heteroatoms. The molecule has 1 aliphatic heterocycles. The maximum atomic E-state index is 11.9. The number of hydrogen-bond acceptors (Lipinski definition) is 4. The Labute approximate surface area is 91.0 Å². The average molecular weight is 225 g/mol. The zero-order chi connectivity index (χ0) is 11.5. The standard InChI is InChI=1S/C9H11N3O4/c13-8(6-1-2-10-11-6)12-3-4-16-5-7(12)9(14)15/h1-2,7H,3-5H2,(H,10,11)(H,14,15). The monoisotopic (exact) mass is 225 g/mol. The third kappa shape index (κ3) is 1.89. The number of ether oxygens (including phenoxy) is 1. The van der Waals surface area contributed by atoms with Crippen LogP contribution in [-0.2, 0) is 9.53 Å². The fourth-order valence-electron chi connectivity index (χ4n) is 1.58. The number of carboxylic acids is 1. The minimum atomic E-state index is -1.06. The van der Waals surface area contributed by atoms with E-state index in [0.717, 1.165) is 0 Å². The fourth-order valence-corrected chi connectivity index (χ4v) is 1.58. The number of carbonyl (C=O) groups excluding carboxylic acids is 1. The molecule has 1 fully saturated rings. The van der Waals surface area contributed by atoms with Gasteiger partial charge >= 0.3 is 5.97 Å². The minimum absolute atomic E-state index is 0.0230. The van der Waals surface area contributed by atoms with E-state index in [4.69, 9.17) is 9.84 Å². The van der Waals surface area contributed by atoms with Crippen molar-refractivity contribution in [3.63, 3.8) is 0 Å². The summed E-state index contributed by atoms with van der Waals surface area (Å²) in [6.45, 7) is 0.647. The number of aromatic amines is 1. The molecule has 2 N–H and O–H groups in total. The number of nitrogens with zero attached hydrogens (tertiary/aromatic N) is 2. The lowest BCUT2D eigenvalue weighted by Gasteiger charge is -2.32. The first-order chi connectivity index (χ1) is 7.70. The molecule has 2 heterocycles. The molecular weight excluding hydrogens is 214 g/mol. The lowest BCUT2D eigenvalue weighted by Crippen LogP contribution is -2.52. The molecule has 1 atom stereocenters. The van der Waals surface area contributed by atoms with E-state index >= 15 is 0 Å². The number of rotatable bonds is 2. The van der Waals surface area contributed by atoms with Crippen LogP contribution in [0.25, 0.3) is 0 Å². The second-order valence-electron chi connectivity index (χ2n) is 3.40. The maximum absolute atomic E-state index is 11.9.